The van der Waals surface area contributed by atoms with E-state index in [1.54, 1.807) is 0 Å². The number of hydrogen-bond acceptors (Lipinski definition) is 0. The van der Waals surface area contributed by atoms with E-state index in [1.807, 2.05) is 0 Å². The van der Waals surface area contributed by atoms with Crippen molar-refractivity contribution in [1.82, 2.24) is 0 Å². The van der Waals surface area contributed by atoms with Gasteiger partial charge in [0.1, 0.15) is 0 Å². The molecule has 0 fully saturated rings. The van der Waals surface area contributed by atoms with Crippen LogP contribution in [0.5, 0.6) is 0 Å². The van der Waals surface area contributed by atoms with Crippen molar-refractivity contribution < 1.29 is 0 Å². The first-order chi connectivity index (χ1) is 21.5. The SMILES string of the molecule is Cc1ccc2c(-c3ccc(-c4ccc5ccccc5c4)cc3)c3cc([Si](C)C)ccc3c(-c3cccc4ccccc34)c2c1. The molecule has 0 heterocycles. The van der Waals surface area contributed by atoms with Crippen LogP contribution in [-0.2, 0) is 0 Å². The summed E-state index contributed by atoms with van der Waals surface area (Å²) in [6.45, 7) is 6.99. The summed E-state index contributed by atoms with van der Waals surface area (Å²) < 4.78 is 0. The van der Waals surface area contributed by atoms with Crippen LogP contribution in [0.3, 0.4) is 0 Å². The molecule has 0 aliphatic heterocycles. The topological polar surface area (TPSA) is 0 Å². The van der Waals surface area contributed by atoms with Crippen molar-refractivity contribution in [2.45, 2.75) is 20.0 Å². The highest BCUT2D eigenvalue weighted by Crippen LogP contribution is 2.45. The fourth-order valence-electron chi connectivity index (χ4n) is 6.90. The number of hydrogen-bond donors (Lipinski definition) is 0. The lowest BCUT2D eigenvalue weighted by Gasteiger charge is -2.20. The van der Waals surface area contributed by atoms with Crippen molar-refractivity contribution in [2.75, 3.05) is 0 Å². The van der Waals surface area contributed by atoms with Crippen LogP contribution < -0.4 is 5.19 Å². The molecule has 0 spiro atoms. The average molecular weight is 578 g/mol. The molecule has 0 unspecified atom stereocenters. The molecule has 0 bridgehead atoms. The van der Waals surface area contributed by atoms with Crippen molar-refractivity contribution in [3.63, 3.8) is 0 Å². The first-order valence-corrected chi connectivity index (χ1v) is 17.9. The van der Waals surface area contributed by atoms with Gasteiger partial charge in [-0.05, 0) is 89.5 Å². The molecule has 0 atom stereocenters. The molecule has 44 heavy (non-hydrogen) atoms. The summed E-state index contributed by atoms with van der Waals surface area (Å²) in [5.74, 6) is 0. The molecule has 0 aliphatic carbocycles. The Balaban J connectivity index is 1.41. The Morgan fingerprint density at radius 1 is 0.386 bits per heavy atom. The van der Waals surface area contributed by atoms with Crippen LogP contribution in [-0.4, -0.2) is 8.80 Å². The molecule has 1 heteroatoms. The molecule has 0 amide bonds. The van der Waals surface area contributed by atoms with E-state index in [-0.39, 0.29) is 0 Å². The van der Waals surface area contributed by atoms with Crippen molar-refractivity contribution in [2.24, 2.45) is 0 Å². The first kappa shape index (κ1) is 26.6. The lowest BCUT2D eigenvalue weighted by atomic mass is 9.84. The smallest absolute Gasteiger partial charge is 0.0671 e. The minimum absolute atomic E-state index is 0.631. The summed E-state index contributed by atoms with van der Waals surface area (Å²) >= 11 is 0. The molecular formula is C43H33Si. The van der Waals surface area contributed by atoms with Crippen LogP contribution in [0.2, 0.25) is 13.1 Å². The minimum Gasteiger partial charge on any atom is -0.0671 e. The van der Waals surface area contributed by atoms with Crippen LogP contribution in [0.25, 0.3) is 76.5 Å². The molecule has 0 nitrogen and oxygen atoms in total. The maximum atomic E-state index is 2.49. The molecular weight excluding hydrogens is 545 g/mol. The van der Waals surface area contributed by atoms with E-state index in [1.165, 1.54) is 87.2 Å². The van der Waals surface area contributed by atoms with Crippen LogP contribution in [0.15, 0.2) is 146 Å². The molecule has 0 aromatic heterocycles. The zero-order valence-electron chi connectivity index (χ0n) is 25.4. The van der Waals surface area contributed by atoms with Gasteiger partial charge in [0.2, 0.25) is 0 Å². The van der Waals surface area contributed by atoms with Gasteiger partial charge in [-0.25, -0.2) is 0 Å². The predicted molar refractivity (Wildman–Crippen MR) is 195 cm³/mol. The quantitative estimate of drug-likeness (QED) is 0.144. The van der Waals surface area contributed by atoms with Crippen LogP contribution in [0.1, 0.15) is 5.56 Å². The van der Waals surface area contributed by atoms with Crippen LogP contribution in [0, 0.1) is 6.92 Å². The van der Waals surface area contributed by atoms with Crippen molar-refractivity contribution in [1.29, 1.82) is 0 Å². The van der Waals surface area contributed by atoms with E-state index < -0.39 is 8.80 Å². The summed E-state index contributed by atoms with van der Waals surface area (Å²) in [6, 6.07) is 54.4. The molecule has 8 aromatic rings. The Morgan fingerprint density at radius 2 is 1.02 bits per heavy atom. The highest BCUT2D eigenvalue weighted by molar-refractivity contribution is 6.71. The van der Waals surface area contributed by atoms with Gasteiger partial charge in [-0.15, -0.1) is 0 Å². The fraction of sp³-hybridized carbons (Fsp3) is 0.0698. The van der Waals surface area contributed by atoms with E-state index in [2.05, 4.69) is 166 Å². The summed E-state index contributed by atoms with van der Waals surface area (Å²) in [7, 11) is -0.631. The van der Waals surface area contributed by atoms with Gasteiger partial charge in [-0.2, -0.15) is 0 Å². The number of fused-ring (bicyclic) bond motifs is 4. The predicted octanol–water partition coefficient (Wildman–Crippen LogP) is 11.6. The fourth-order valence-corrected chi connectivity index (χ4v) is 7.75. The van der Waals surface area contributed by atoms with E-state index >= 15 is 0 Å². The number of aryl methyl sites for hydroxylation is 1. The molecule has 0 aliphatic rings. The second kappa shape index (κ2) is 10.6. The van der Waals surface area contributed by atoms with Crippen molar-refractivity contribution >= 4 is 57.1 Å². The Morgan fingerprint density at radius 3 is 1.84 bits per heavy atom. The summed E-state index contributed by atoms with van der Waals surface area (Å²) in [5, 5.41) is 11.9. The van der Waals surface area contributed by atoms with E-state index in [9.17, 15) is 0 Å². The molecule has 0 saturated carbocycles. The standard InChI is InChI=1S/C43H33Si/c1-28-15-23-38-40(25-28)43(37-14-8-12-31-10-6-7-13-36(31)37)39-24-22-35(44(2)3)27-41(39)42(38)32-19-16-30(17-20-32)34-21-18-29-9-4-5-11-33(29)26-34/h4-27H,1-3H3. The second-order valence-corrected chi connectivity index (χ2v) is 14.8. The average Bonchev–Trinajstić information content (AvgIpc) is 3.06. The Hall–Kier alpha value is -4.98. The number of benzene rings is 8. The first-order valence-electron chi connectivity index (χ1n) is 15.4. The summed E-state index contributed by atoms with van der Waals surface area (Å²) in [6.07, 6.45) is 0. The zero-order valence-corrected chi connectivity index (χ0v) is 26.4. The molecule has 1 radical (unpaired) electrons. The maximum absolute atomic E-state index is 2.49. The van der Waals surface area contributed by atoms with E-state index in [4.69, 9.17) is 0 Å². The Kier molecular flexibility index (Phi) is 6.43. The highest BCUT2D eigenvalue weighted by Gasteiger charge is 2.19. The van der Waals surface area contributed by atoms with Gasteiger partial charge < -0.3 is 0 Å². The zero-order chi connectivity index (χ0) is 29.8. The van der Waals surface area contributed by atoms with Gasteiger partial charge in [0.15, 0.2) is 0 Å². The van der Waals surface area contributed by atoms with Crippen molar-refractivity contribution in [3.8, 4) is 33.4 Å². The Labute approximate surface area is 260 Å². The molecule has 8 aromatic carbocycles. The lowest BCUT2D eigenvalue weighted by Crippen LogP contribution is -2.22. The third-order valence-corrected chi connectivity index (χ3v) is 10.6. The highest BCUT2D eigenvalue weighted by atomic mass is 28.3. The third-order valence-electron chi connectivity index (χ3n) is 9.16. The lowest BCUT2D eigenvalue weighted by molar-refractivity contribution is 1.51. The third kappa shape index (κ3) is 4.44. The summed E-state index contributed by atoms with van der Waals surface area (Å²) in [4.78, 5) is 0. The van der Waals surface area contributed by atoms with E-state index in [0.29, 0.717) is 0 Å². The second-order valence-electron chi connectivity index (χ2n) is 12.2. The summed E-state index contributed by atoms with van der Waals surface area (Å²) in [5.41, 5.74) is 8.99. The van der Waals surface area contributed by atoms with Gasteiger partial charge in [-0.3, -0.25) is 0 Å². The van der Waals surface area contributed by atoms with Gasteiger partial charge in [-0.1, -0.05) is 163 Å². The maximum Gasteiger partial charge on any atom is 0.0791 e. The normalized spacial score (nSPS) is 11.7. The van der Waals surface area contributed by atoms with Gasteiger partial charge >= 0.3 is 0 Å². The van der Waals surface area contributed by atoms with Crippen LogP contribution >= 0.6 is 0 Å². The molecule has 209 valence electrons. The van der Waals surface area contributed by atoms with Crippen molar-refractivity contribution in [3.05, 3.63) is 151 Å². The monoisotopic (exact) mass is 577 g/mol. The largest absolute Gasteiger partial charge is 0.0791 e. The molecule has 0 saturated heterocycles. The van der Waals surface area contributed by atoms with E-state index in [0.717, 1.165) is 0 Å². The minimum atomic E-state index is -0.631. The Bertz CT molecular complexity index is 2350. The van der Waals surface area contributed by atoms with Crippen LogP contribution in [0.4, 0.5) is 0 Å². The molecule has 0 N–H and O–H groups in total. The molecule has 8 rings (SSSR count). The van der Waals surface area contributed by atoms with Gasteiger partial charge in [0, 0.05) is 0 Å². The number of rotatable bonds is 4. The van der Waals surface area contributed by atoms with Gasteiger partial charge in [0.05, 0.1) is 8.80 Å². The van der Waals surface area contributed by atoms with Gasteiger partial charge in [0.25, 0.3) is 0 Å².